The molecule has 1 aromatic rings. The molecule has 3 atom stereocenters. The number of ether oxygens (including phenoxy) is 2. The normalized spacial score (nSPS) is 22.6. The minimum absolute atomic E-state index is 0.0741. The molecule has 0 aromatic heterocycles. The number of benzene rings is 1. The van der Waals surface area contributed by atoms with Crippen LogP contribution in [0, 0.1) is 22.0 Å². The molecule has 1 aliphatic heterocycles. The number of rotatable bonds is 5. The zero-order valence-electron chi connectivity index (χ0n) is 18.9. The molecule has 0 bridgehead atoms. The number of ketones is 1. The van der Waals surface area contributed by atoms with Gasteiger partial charge in [-0.05, 0) is 44.7 Å². The first kappa shape index (κ1) is 24.4. The highest BCUT2D eigenvalue weighted by molar-refractivity contribution is 6.32. The Morgan fingerprint density at radius 2 is 1.97 bits per heavy atom. The summed E-state index contributed by atoms with van der Waals surface area (Å²) >= 11 is 6.00. The van der Waals surface area contributed by atoms with Crippen molar-refractivity contribution in [3.05, 3.63) is 61.4 Å². The van der Waals surface area contributed by atoms with Gasteiger partial charge in [0.15, 0.2) is 5.78 Å². The highest BCUT2D eigenvalue weighted by atomic mass is 35.5. The maximum Gasteiger partial charge on any atom is 0.337 e. The Kier molecular flexibility index (Phi) is 6.92. The Labute approximate surface area is 195 Å². The van der Waals surface area contributed by atoms with Crippen LogP contribution < -0.4 is 5.32 Å². The molecule has 3 rings (SSSR count). The van der Waals surface area contributed by atoms with Crippen LogP contribution in [0.25, 0.3) is 0 Å². The number of nitro benzene ring substituents is 1. The van der Waals surface area contributed by atoms with Crippen LogP contribution in [0.15, 0.2) is 40.7 Å². The van der Waals surface area contributed by atoms with Crippen LogP contribution in [0.4, 0.5) is 5.69 Å². The predicted molar refractivity (Wildman–Crippen MR) is 119 cm³/mol. The number of hydrogen-bond acceptors (Lipinski definition) is 8. The molecular formula is C23H25ClN2O7. The van der Waals surface area contributed by atoms with Crippen LogP contribution in [-0.4, -0.2) is 35.9 Å². The lowest BCUT2D eigenvalue weighted by atomic mass is 9.69. The van der Waals surface area contributed by atoms with Crippen LogP contribution in [0.5, 0.6) is 0 Å². The van der Waals surface area contributed by atoms with Crippen molar-refractivity contribution in [2.24, 2.45) is 11.8 Å². The zero-order valence-corrected chi connectivity index (χ0v) is 19.7. The number of dihydropyridines is 1. The molecule has 0 unspecified atom stereocenters. The lowest BCUT2D eigenvalue weighted by Gasteiger charge is -2.38. The second kappa shape index (κ2) is 9.35. The van der Waals surface area contributed by atoms with E-state index in [1.807, 2.05) is 0 Å². The third kappa shape index (κ3) is 4.50. The smallest absolute Gasteiger partial charge is 0.337 e. The molecule has 0 saturated carbocycles. The van der Waals surface area contributed by atoms with Crippen LogP contribution in [0.2, 0.25) is 5.02 Å². The van der Waals surface area contributed by atoms with E-state index in [0.717, 1.165) is 0 Å². The summed E-state index contributed by atoms with van der Waals surface area (Å²) < 4.78 is 10.3. The molecule has 0 saturated heterocycles. The second-order valence-corrected chi connectivity index (χ2v) is 8.86. The maximum absolute atomic E-state index is 13.6. The standard InChI is InChI=1S/C23H25ClN2O7/c1-10(2)33-23(29)18-12(4)25-15-8-11(3)17(22(28)32-5)21(27)20(15)19(18)13-6-7-14(24)16(9-13)26(30)31/h6-7,9-11,17,19,25H,8H2,1-5H3/t11-,17-,19+/m1/s1. The molecule has 10 heteroatoms. The summed E-state index contributed by atoms with van der Waals surface area (Å²) in [4.78, 5) is 50.0. The fourth-order valence-corrected chi connectivity index (χ4v) is 4.60. The lowest BCUT2D eigenvalue weighted by molar-refractivity contribution is -0.384. The van der Waals surface area contributed by atoms with Gasteiger partial charge in [-0.15, -0.1) is 0 Å². The summed E-state index contributed by atoms with van der Waals surface area (Å²) in [7, 11) is 1.21. The van der Waals surface area contributed by atoms with Gasteiger partial charge >= 0.3 is 11.9 Å². The molecule has 1 heterocycles. The van der Waals surface area contributed by atoms with Gasteiger partial charge in [0.05, 0.1) is 23.7 Å². The molecule has 33 heavy (non-hydrogen) atoms. The largest absolute Gasteiger partial charge is 0.468 e. The predicted octanol–water partition coefficient (Wildman–Crippen LogP) is 3.81. The number of halogens is 1. The van der Waals surface area contributed by atoms with Crippen molar-refractivity contribution >= 4 is 35.0 Å². The van der Waals surface area contributed by atoms with Crippen molar-refractivity contribution in [3.63, 3.8) is 0 Å². The van der Waals surface area contributed by atoms with Gasteiger partial charge < -0.3 is 14.8 Å². The third-order valence-corrected chi connectivity index (χ3v) is 6.13. The maximum atomic E-state index is 13.6. The summed E-state index contributed by atoms with van der Waals surface area (Å²) in [5, 5.41) is 14.6. The van der Waals surface area contributed by atoms with Gasteiger partial charge in [0.25, 0.3) is 5.69 Å². The quantitative estimate of drug-likeness (QED) is 0.294. The zero-order chi connectivity index (χ0) is 24.6. The van der Waals surface area contributed by atoms with E-state index in [4.69, 9.17) is 21.1 Å². The number of hydrogen-bond donors (Lipinski definition) is 1. The number of methoxy groups -OCH3 is 1. The van der Waals surface area contributed by atoms with E-state index in [9.17, 15) is 24.5 Å². The van der Waals surface area contributed by atoms with E-state index in [2.05, 4.69) is 5.32 Å². The van der Waals surface area contributed by atoms with E-state index in [1.54, 1.807) is 27.7 Å². The van der Waals surface area contributed by atoms with Crippen molar-refractivity contribution in [1.82, 2.24) is 5.32 Å². The lowest BCUT2D eigenvalue weighted by Crippen LogP contribution is -2.43. The Hall–Kier alpha value is -3.20. The average Bonchev–Trinajstić information content (AvgIpc) is 2.72. The minimum atomic E-state index is -1.05. The molecule has 0 radical (unpaired) electrons. The Morgan fingerprint density at radius 1 is 1.30 bits per heavy atom. The van der Waals surface area contributed by atoms with Crippen LogP contribution >= 0.6 is 11.6 Å². The van der Waals surface area contributed by atoms with E-state index < -0.39 is 40.6 Å². The Morgan fingerprint density at radius 3 is 2.55 bits per heavy atom. The SMILES string of the molecule is COC(=O)[C@H]1C(=O)C2=C(C[C@H]1C)NC(C)=C(C(=O)OC(C)C)[C@@H]2c1ccc(Cl)c([N+](=O)[O-])c1. The number of nitrogens with zero attached hydrogens (tertiary/aromatic N) is 1. The summed E-state index contributed by atoms with van der Waals surface area (Å²) in [6, 6.07) is 4.13. The molecule has 1 aliphatic carbocycles. The van der Waals surface area contributed by atoms with Gasteiger partial charge in [-0.3, -0.25) is 19.7 Å². The first-order chi connectivity index (χ1) is 15.5. The summed E-state index contributed by atoms with van der Waals surface area (Å²) in [5.41, 5.74) is 1.34. The average molecular weight is 477 g/mol. The molecule has 0 spiro atoms. The van der Waals surface area contributed by atoms with Crippen LogP contribution in [-0.2, 0) is 23.9 Å². The first-order valence-electron chi connectivity index (χ1n) is 10.5. The molecule has 176 valence electrons. The fraction of sp³-hybridized carbons (Fsp3) is 0.435. The van der Waals surface area contributed by atoms with E-state index in [1.165, 1.54) is 25.3 Å². The number of carbonyl (C=O) groups excluding carboxylic acids is 3. The van der Waals surface area contributed by atoms with Gasteiger partial charge in [-0.25, -0.2) is 4.79 Å². The highest BCUT2D eigenvalue weighted by Gasteiger charge is 2.47. The van der Waals surface area contributed by atoms with Gasteiger partial charge in [-0.2, -0.15) is 0 Å². The molecule has 0 fully saturated rings. The molecule has 9 nitrogen and oxygen atoms in total. The Bertz CT molecular complexity index is 1110. The number of nitro groups is 1. The Balaban J connectivity index is 2.25. The van der Waals surface area contributed by atoms with Crippen molar-refractivity contribution in [1.29, 1.82) is 0 Å². The summed E-state index contributed by atoms with van der Waals surface area (Å²) in [6.07, 6.45) is -0.0741. The van der Waals surface area contributed by atoms with Crippen LogP contribution in [0.3, 0.4) is 0 Å². The van der Waals surface area contributed by atoms with Crippen LogP contribution in [0.1, 0.15) is 45.6 Å². The van der Waals surface area contributed by atoms with E-state index in [0.29, 0.717) is 23.4 Å². The van der Waals surface area contributed by atoms with E-state index >= 15 is 0 Å². The number of esters is 2. The molecule has 0 amide bonds. The van der Waals surface area contributed by atoms with Gasteiger partial charge in [0.1, 0.15) is 10.9 Å². The number of Topliss-reactive ketones (excluding diaryl/α,β-unsaturated/α-hetero) is 1. The monoisotopic (exact) mass is 476 g/mol. The first-order valence-corrected chi connectivity index (χ1v) is 10.8. The third-order valence-electron chi connectivity index (χ3n) is 5.81. The van der Waals surface area contributed by atoms with Crippen molar-refractivity contribution in [2.45, 2.75) is 46.1 Å². The van der Waals surface area contributed by atoms with Gasteiger partial charge in [0.2, 0.25) is 0 Å². The van der Waals surface area contributed by atoms with E-state index in [-0.39, 0.29) is 27.8 Å². The summed E-state index contributed by atoms with van der Waals surface area (Å²) in [6.45, 7) is 6.84. The highest BCUT2D eigenvalue weighted by Crippen LogP contribution is 2.46. The van der Waals surface area contributed by atoms with Crippen molar-refractivity contribution < 1.29 is 28.8 Å². The number of allylic oxidation sites excluding steroid dienone is 3. The topological polar surface area (TPSA) is 125 Å². The molecule has 1 N–H and O–H groups in total. The minimum Gasteiger partial charge on any atom is -0.468 e. The second-order valence-electron chi connectivity index (χ2n) is 8.46. The fourth-order valence-electron chi connectivity index (χ4n) is 4.41. The van der Waals surface area contributed by atoms with Gasteiger partial charge in [0, 0.05) is 29.0 Å². The van der Waals surface area contributed by atoms with Crippen molar-refractivity contribution in [3.8, 4) is 0 Å². The van der Waals surface area contributed by atoms with Gasteiger partial charge in [-0.1, -0.05) is 24.6 Å². The van der Waals surface area contributed by atoms with Crippen molar-refractivity contribution in [2.75, 3.05) is 7.11 Å². The molecule has 2 aliphatic rings. The number of nitrogens with one attached hydrogen (secondary N) is 1. The molecular weight excluding hydrogens is 452 g/mol. The number of carbonyl (C=O) groups is 3. The summed E-state index contributed by atoms with van der Waals surface area (Å²) in [5.74, 6) is -4.19. The molecule has 1 aromatic carbocycles.